The van der Waals surface area contributed by atoms with Gasteiger partial charge >= 0.3 is 0 Å². The van der Waals surface area contributed by atoms with Crippen LogP contribution in [0, 0.1) is 6.92 Å². The van der Waals surface area contributed by atoms with E-state index in [4.69, 9.17) is 0 Å². The van der Waals surface area contributed by atoms with Gasteiger partial charge in [-0.15, -0.1) is 0 Å². The van der Waals surface area contributed by atoms with E-state index in [2.05, 4.69) is 52.5 Å². The zero-order valence-electron chi connectivity index (χ0n) is 15.7. The number of carbonyl (C=O) groups excluding carboxylic acids is 1. The number of nitrogens with one attached hydrogen (secondary N) is 2. The first kappa shape index (κ1) is 18.6. The fourth-order valence-corrected chi connectivity index (χ4v) is 3.15. The van der Waals surface area contributed by atoms with Crippen molar-refractivity contribution in [3.63, 3.8) is 0 Å². The molecule has 0 spiro atoms. The summed E-state index contributed by atoms with van der Waals surface area (Å²) in [4.78, 5) is 26.4. The Labute approximate surface area is 158 Å². The highest BCUT2D eigenvalue weighted by molar-refractivity contribution is 5.88. The average Bonchev–Trinajstić information content (AvgIpc) is 2.68. The number of rotatable bonds is 7. The molecule has 1 aromatic heterocycles. The van der Waals surface area contributed by atoms with E-state index in [1.807, 2.05) is 18.2 Å². The fraction of sp³-hybridized carbons (Fsp3) is 0.286. The summed E-state index contributed by atoms with van der Waals surface area (Å²) in [6.07, 6.45) is 0.133. The first-order valence-electron chi connectivity index (χ1n) is 9.13. The largest absolute Gasteiger partial charge is 0.370 e. The second-order valence-electron chi connectivity index (χ2n) is 6.49. The molecule has 3 rings (SSSR count). The molecular weight excluding hydrogens is 340 g/mol. The van der Waals surface area contributed by atoms with Crippen molar-refractivity contribution < 1.29 is 4.79 Å². The van der Waals surface area contributed by atoms with Crippen LogP contribution in [-0.4, -0.2) is 35.7 Å². The molecule has 6 nitrogen and oxygen atoms in total. The number of benzene rings is 2. The number of aromatic nitrogens is 2. The van der Waals surface area contributed by atoms with Gasteiger partial charge in [0.15, 0.2) is 0 Å². The van der Waals surface area contributed by atoms with Crippen LogP contribution in [0.1, 0.15) is 18.2 Å². The molecule has 0 aliphatic heterocycles. The number of fused-ring (bicyclic) bond motifs is 1. The molecule has 0 aliphatic rings. The first-order chi connectivity index (χ1) is 13.1. The molecule has 1 heterocycles. The second kappa shape index (κ2) is 8.49. The summed E-state index contributed by atoms with van der Waals surface area (Å²) in [6.45, 7) is 6.31. The molecule has 0 saturated carbocycles. The highest BCUT2D eigenvalue weighted by Gasteiger charge is 2.11. The summed E-state index contributed by atoms with van der Waals surface area (Å²) in [7, 11) is 0. The number of nitrogens with zero attached hydrogens (tertiary/aromatic N) is 2. The minimum Gasteiger partial charge on any atom is -0.370 e. The zero-order valence-corrected chi connectivity index (χ0v) is 15.7. The van der Waals surface area contributed by atoms with Gasteiger partial charge in [-0.1, -0.05) is 30.3 Å². The number of H-pyrrole nitrogens is 1. The fourth-order valence-electron chi connectivity index (χ4n) is 3.15. The zero-order chi connectivity index (χ0) is 19.2. The maximum atomic E-state index is 12.3. The summed E-state index contributed by atoms with van der Waals surface area (Å²) in [5.74, 6) is -0.111. The van der Waals surface area contributed by atoms with Crippen LogP contribution in [-0.2, 0) is 11.2 Å². The molecule has 0 unspecified atom stereocenters. The van der Waals surface area contributed by atoms with Gasteiger partial charge in [-0.3, -0.25) is 9.59 Å². The highest BCUT2D eigenvalue weighted by atomic mass is 16.1. The lowest BCUT2D eigenvalue weighted by Gasteiger charge is -2.23. The molecule has 0 fully saturated rings. The predicted octanol–water partition coefficient (Wildman–Crippen LogP) is 2.42. The topological polar surface area (TPSA) is 78.1 Å². The number of aromatic amines is 1. The van der Waals surface area contributed by atoms with E-state index in [-0.39, 0.29) is 17.9 Å². The van der Waals surface area contributed by atoms with Crippen molar-refractivity contribution in [1.82, 2.24) is 15.5 Å². The Bertz CT molecular complexity index is 997. The highest BCUT2D eigenvalue weighted by Crippen LogP contribution is 2.15. The third-order valence-electron chi connectivity index (χ3n) is 4.56. The van der Waals surface area contributed by atoms with Crippen LogP contribution >= 0.6 is 0 Å². The van der Waals surface area contributed by atoms with E-state index in [0.717, 1.165) is 18.8 Å². The van der Waals surface area contributed by atoms with E-state index >= 15 is 0 Å². The van der Waals surface area contributed by atoms with E-state index < -0.39 is 0 Å². The minimum atomic E-state index is -0.244. The van der Waals surface area contributed by atoms with Crippen LogP contribution < -0.4 is 15.8 Å². The van der Waals surface area contributed by atoms with Gasteiger partial charge in [0.05, 0.1) is 17.5 Å². The van der Waals surface area contributed by atoms with Gasteiger partial charge in [0.25, 0.3) is 5.56 Å². The summed E-state index contributed by atoms with van der Waals surface area (Å²) >= 11 is 0. The Balaban J connectivity index is 1.60. The smallest absolute Gasteiger partial charge is 0.272 e. The van der Waals surface area contributed by atoms with Gasteiger partial charge in [-0.2, -0.15) is 5.10 Å². The number of anilines is 1. The molecule has 140 valence electrons. The Morgan fingerprint density at radius 1 is 1.15 bits per heavy atom. The van der Waals surface area contributed by atoms with Crippen molar-refractivity contribution in [2.24, 2.45) is 0 Å². The lowest BCUT2D eigenvalue weighted by molar-refractivity contribution is -0.120. The summed E-state index contributed by atoms with van der Waals surface area (Å²) in [5, 5.41) is 10.7. The number of carbonyl (C=O) groups is 1. The molecule has 2 aromatic carbocycles. The van der Waals surface area contributed by atoms with Gasteiger partial charge < -0.3 is 10.2 Å². The lowest BCUT2D eigenvalue weighted by atomic mass is 10.1. The average molecular weight is 364 g/mol. The van der Waals surface area contributed by atoms with Crippen LogP contribution in [0.3, 0.4) is 0 Å². The SMILES string of the molecule is CCN(CCNC(=O)Cc1n[nH]c(=O)c2ccccc12)c1cccc(C)c1. The molecule has 3 aromatic rings. The number of hydrogen-bond acceptors (Lipinski definition) is 4. The molecule has 0 radical (unpaired) electrons. The van der Waals surface area contributed by atoms with Gasteiger partial charge in [-0.25, -0.2) is 5.10 Å². The van der Waals surface area contributed by atoms with Crippen molar-refractivity contribution in [3.05, 3.63) is 70.1 Å². The van der Waals surface area contributed by atoms with Crippen molar-refractivity contribution >= 4 is 22.4 Å². The predicted molar refractivity (Wildman–Crippen MR) is 108 cm³/mol. The number of hydrogen-bond donors (Lipinski definition) is 2. The minimum absolute atomic E-state index is 0.111. The van der Waals surface area contributed by atoms with Gasteiger partial charge in [0, 0.05) is 30.7 Å². The molecule has 1 amide bonds. The maximum absolute atomic E-state index is 12.3. The standard InChI is InChI=1S/C21H24N4O2/c1-3-25(16-8-6-7-15(2)13-16)12-11-22-20(26)14-19-17-9-4-5-10-18(17)21(27)24-23-19/h4-10,13H,3,11-12,14H2,1-2H3,(H,22,26)(H,24,27). The van der Waals surface area contributed by atoms with E-state index in [0.29, 0.717) is 23.0 Å². The first-order valence-corrected chi connectivity index (χ1v) is 9.13. The number of likely N-dealkylation sites (N-methyl/N-ethyl adjacent to an activating group) is 1. The van der Waals surface area contributed by atoms with Crippen molar-refractivity contribution in [2.45, 2.75) is 20.3 Å². The molecule has 2 N–H and O–H groups in total. The molecule has 0 atom stereocenters. The maximum Gasteiger partial charge on any atom is 0.272 e. The van der Waals surface area contributed by atoms with Gasteiger partial charge in [-0.05, 0) is 37.6 Å². The van der Waals surface area contributed by atoms with Crippen LogP contribution in [0.5, 0.6) is 0 Å². The molecule has 0 aliphatic carbocycles. The van der Waals surface area contributed by atoms with Crippen LogP contribution in [0.2, 0.25) is 0 Å². The van der Waals surface area contributed by atoms with Crippen LogP contribution in [0.4, 0.5) is 5.69 Å². The summed E-state index contributed by atoms with van der Waals surface area (Å²) < 4.78 is 0. The van der Waals surface area contributed by atoms with Crippen molar-refractivity contribution in [3.8, 4) is 0 Å². The van der Waals surface area contributed by atoms with Gasteiger partial charge in [0.2, 0.25) is 5.91 Å². The van der Waals surface area contributed by atoms with Gasteiger partial charge in [0.1, 0.15) is 0 Å². The molecule has 27 heavy (non-hydrogen) atoms. The van der Waals surface area contributed by atoms with Crippen molar-refractivity contribution in [1.29, 1.82) is 0 Å². The molecule has 6 heteroatoms. The Hall–Kier alpha value is -3.15. The molecule has 0 bridgehead atoms. The Morgan fingerprint density at radius 2 is 1.93 bits per heavy atom. The third-order valence-corrected chi connectivity index (χ3v) is 4.56. The molecular formula is C21H24N4O2. The summed E-state index contributed by atoms with van der Waals surface area (Å²) in [6, 6.07) is 15.5. The van der Waals surface area contributed by atoms with Crippen LogP contribution in [0.25, 0.3) is 10.8 Å². The van der Waals surface area contributed by atoms with E-state index in [9.17, 15) is 9.59 Å². The third kappa shape index (κ3) is 4.53. The Morgan fingerprint density at radius 3 is 2.67 bits per heavy atom. The van der Waals surface area contributed by atoms with Crippen molar-refractivity contribution in [2.75, 3.05) is 24.5 Å². The van der Waals surface area contributed by atoms with E-state index in [1.54, 1.807) is 12.1 Å². The number of aryl methyl sites for hydroxylation is 1. The normalized spacial score (nSPS) is 10.7. The molecule has 0 saturated heterocycles. The quantitative estimate of drug-likeness (QED) is 0.675. The second-order valence-corrected chi connectivity index (χ2v) is 6.49. The van der Waals surface area contributed by atoms with E-state index in [1.165, 1.54) is 5.56 Å². The lowest BCUT2D eigenvalue weighted by Crippen LogP contribution is -2.35. The van der Waals surface area contributed by atoms with Crippen LogP contribution in [0.15, 0.2) is 53.3 Å². The summed E-state index contributed by atoms with van der Waals surface area (Å²) in [5.41, 5.74) is 2.70. The Kier molecular flexibility index (Phi) is 5.86. The monoisotopic (exact) mass is 364 g/mol. The number of amides is 1.